The van der Waals surface area contributed by atoms with E-state index in [0.29, 0.717) is 6.61 Å². The van der Waals surface area contributed by atoms with Crippen LogP contribution in [0.4, 0.5) is 5.69 Å². The second-order valence-corrected chi connectivity index (χ2v) is 6.24. The van der Waals surface area contributed by atoms with Gasteiger partial charge in [0.05, 0.1) is 6.61 Å². The monoisotopic (exact) mass is 356 g/mol. The fourth-order valence-electron chi connectivity index (χ4n) is 3.28. The number of allylic oxidation sites excluding steroid dienone is 1. The molecular formula is C17H22Cl2N2O2. The maximum atomic E-state index is 12.1. The summed E-state index contributed by atoms with van der Waals surface area (Å²) < 4.78 is 5.18. The Morgan fingerprint density at radius 2 is 2.26 bits per heavy atom. The topological polar surface area (TPSA) is 41.6 Å². The summed E-state index contributed by atoms with van der Waals surface area (Å²) in [6, 6.07) is 5.71. The zero-order valence-corrected chi connectivity index (χ0v) is 15.0. The van der Waals surface area contributed by atoms with E-state index in [1.54, 1.807) is 0 Å². The van der Waals surface area contributed by atoms with Crippen molar-refractivity contribution in [3.63, 3.8) is 0 Å². The van der Waals surface area contributed by atoms with Crippen molar-refractivity contribution in [1.82, 2.24) is 5.32 Å². The first-order valence-electron chi connectivity index (χ1n) is 7.77. The molecule has 0 bridgehead atoms. The van der Waals surface area contributed by atoms with Crippen LogP contribution in [0.25, 0.3) is 0 Å². The first kappa shape index (κ1) is 18.0. The third-order valence-corrected chi connectivity index (χ3v) is 4.57. The van der Waals surface area contributed by atoms with E-state index in [2.05, 4.69) is 10.2 Å². The van der Waals surface area contributed by atoms with Crippen LogP contribution < -0.4 is 10.2 Å². The van der Waals surface area contributed by atoms with Crippen LogP contribution in [0.5, 0.6) is 0 Å². The lowest BCUT2D eigenvalue weighted by Gasteiger charge is -2.33. The molecule has 0 spiro atoms. The lowest BCUT2D eigenvalue weighted by atomic mass is 9.95. The molecule has 6 heteroatoms. The SMILES string of the molecule is CCOC(=O)C1CCCC2=C(N1)N(C)c1ccc(Cl)cc1C2.Cl. The van der Waals surface area contributed by atoms with E-state index in [-0.39, 0.29) is 24.4 Å². The number of nitrogens with zero attached hydrogens (tertiary/aromatic N) is 1. The van der Waals surface area contributed by atoms with Crippen LogP contribution in [-0.2, 0) is 16.0 Å². The lowest BCUT2D eigenvalue weighted by molar-refractivity contribution is -0.145. The van der Waals surface area contributed by atoms with Crippen LogP contribution in [0.3, 0.4) is 0 Å². The van der Waals surface area contributed by atoms with Crippen LogP contribution in [0, 0.1) is 0 Å². The van der Waals surface area contributed by atoms with Crippen molar-refractivity contribution in [2.45, 2.75) is 38.6 Å². The molecule has 3 rings (SSSR count). The van der Waals surface area contributed by atoms with Crippen molar-refractivity contribution in [2.24, 2.45) is 0 Å². The Hall–Kier alpha value is -1.39. The zero-order valence-electron chi connectivity index (χ0n) is 13.4. The predicted octanol–water partition coefficient (Wildman–Crippen LogP) is 3.67. The summed E-state index contributed by atoms with van der Waals surface area (Å²) in [5.41, 5.74) is 3.72. The number of carbonyl (C=O) groups is 1. The van der Waals surface area contributed by atoms with Crippen molar-refractivity contribution in [1.29, 1.82) is 0 Å². The minimum absolute atomic E-state index is 0. The van der Waals surface area contributed by atoms with Gasteiger partial charge in [0.1, 0.15) is 11.9 Å². The third kappa shape index (κ3) is 3.59. The fraction of sp³-hybridized carbons (Fsp3) is 0.471. The minimum Gasteiger partial charge on any atom is -0.464 e. The van der Waals surface area contributed by atoms with Gasteiger partial charge in [0.25, 0.3) is 0 Å². The molecular weight excluding hydrogens is 335 g/mol. The van der Waals surface area contributed by atoms with E-state index in [4.69, 9.17) is 16.3 Å². The third-order valence-electron chi connectivity index (χ3n) is 4.33. The molecule has 0 amide bonds. The molecule has 23 heavy (non-hydrogen) atoms. The van der Waals surface area contributed by atoms with E-state index >= 15 is 0 Å². The summed E-state index contributed by atoms with van der Waals surface area (Å²) in [6.45, 7) is 2.26. The smallest absolute Gasteiger partial charge is 0.328 e. The number of esters is 1. The summed E-state index contributed by atoms with van der Waals surface area (Å²) in [4.78, 5) is 14.2. The highest BCUT2D eigenvalue weighted by molar-refractivity contribution is 6.30. The van der Waals surface area contributed by atoms with E-state index in [1.165, 1.54) is 11.1 Å². The molecule has 2 aliphatic heterocycles. The summed E-state index contributed by atoms with van der Waals surface area (Å²) >= 11 is 6.12. The summed E-state index contributed by atoms with van der Waals surface area (Å²) in [7, 11) is 2.03. The second kappa shape index (κ2) is 7.45. The quantitative estimate of drug-likeness (QED) is 0.820. The Morgan fingerprint density at radius 1 is 1.48 bits per heavy atom. The van der Waals surface area contributed by atoms with E-state index in [9.17, 15) is 4.79 Å². The second-order valence-electron chi connectivity index (χ2n) is 5.80. The van der Waals surface area contributed by atoms with Crippen molar-refractivity contribution < 1.29 is 9.53 Å². The average Bonchev–Trinajstić information content (AvgIpc) is 2.70. The average molecular weight is 357 g/mol. The molecule has 0 aliphatic carbocycles. The van der Waals surface area contributed by atoms with Gasteiger partial charge in [-0.3, -0.25) is 0 Å². The van der Waals surface area contributed by atoms with E-state index < -0.39 is 0 Å². The Labute approximate surface area is 148 Å². The molecule has 4 nitrogen and oxygen atoms in total. The Bertz CT molecular complexity index is 631. The highest BCUT2D eigenvalue weighted by Crippen LogP contribution is 2.36. The molecule has 0 saturated carbocycles. The van der Waals surface area contributed by atoms with Gasteiger partial charge < -0.3 is 15.0 Å². The molecule has 1 N–H and O–H groups in total. The van der Waals surface area contributed by atoms with Crippen molar-refractivity contribution >= 4 is 35.7 Å². The molecule has 1 unspecified atom stereocenters. The number of ether oxygens (including phenoxy) is 1. The zero-order chi connectivity index (χ0) is 15.7. The Kier molecular flexibility index (Phi) is 5.82. The predicted molar refractivity (Wildman–Crippen MR) is 95.2 cm³/mol. The largest absolute Gasteiger partial charge is 0.464 e. The Morgan fingerprint density at radius 3 is 3.00 bits per heavy atom. The molecule has 1 aromatic rings. The summed E-state index contributed by atoms with van der Waals surface area (Å²) in [5, 5.41) is 4.17. The first-order chi connectivity index (χ1) is 10.6. The van der Waals surface area contributed by atoms with E-state index in [0.717, 1.165) is 42.2 Å². The molecule has 0 saturated heterocycles. The molecule has 126 valence electrons. The van der Waals surface area contributed by atoms with Gasteiger partial charge in [-0.1, -0.05) is 11.6 Å². The highest BCUT2D eigenvalue weighted by Gasteiger charge is 2.30. The maximum absolute atomic E-state index is 12.1. The summed E-state index contributed by atoms with van der Waals surface area (Å²) in [6.07, 6.45) is 3.67. The molecule has 1 aromatic carbocycles. The maximum Gasteiger partial charge on any atom is 0.328 e. The normalized spacial score (nSPS) is 19.8. The number of hydrogen-bond donors (Lipinski definition) is 1. The lowest BCUT2D eigenvalue weighted by Crippen LogP contribution is -2.42. The standard InChI is InChI=1S/C17H21ClN2O2.ClH/c1-3-22-17(21)14-6-4-5-11-9-12-10-13(18)7-8-15(12)20(2)16(11)19-14;/h7-8,10,14,19H,3-6,9H2,1-2H3;1H. The van der Waals surface area contributed by atoms with Gasteiger partial charge in [-0.2, -0.15) is 0 Å². The molecule has 2 heterocycles. The number of carbonyl (C=O) groups excluding carboxylic acids is 1. The molecule has 0 fully saturated rings. The van der Waals surface area contributed by atoms with Gasteiger partial charge in [0, 0.05) is 17.8 Å². The van der Waals surface area contributed by atoms with Gasteiger partial charge in [-0.05, 0) is 61.9 Å². The number of hydrogen-bond acceptors (Lipinski definition) is 4. The van der Waals surface area contributed by atoms with Crippen LogP contribution in [0.2, 0.25) is 5.02 Å². The van der Waals surface area contributed by atoms with Gasteiger partial charge >= 0.3 is 5.97 Å². The number of benzene rings is 1. The van der Waals surface area contributed by atoms with Crippen LogP contribution in [-0.4, -0.2) is 25.7 Å². The fourth-order valence-corrected chi connectivity index (χ4v) is 3.47. The van der Waals surface area contributed by atoms with Crippen molar-refractivity contribution in [3.8, 4) is 0 Å². The van der Waals surface area contributed by atoms with Crippen LogP contribution in [0.15, 0.2) is 29.6 Å². The van der Waals surface area contributed by atoms with E-state index in [1.807, 2.05) is 32.2 Å². The number of nitrogens with one attached hydrogen (secondary N) is 1. The molecule has 2 aliphatic rings. The van der Waals surface area contributed by atoms with Gasteiger partial charge in [0.2, 0.25) is 0 Å². The number of fused-ring (bicyclic) bond motifs is 1. The molecule has 1 atom stereocenters. The van der Waals surface area contributed by atoms with Gasteiger partial charge in [-0.25, -0.2) is 4.79 Å². The molecule has 0 radical (unpaired) electrons. The van der Waals surface area contributed by atoms with Crippen LogP contribution >= 0.6 is 24.0 Å². The number of halogens is 2. The highest BCUT2D eigenvalue weighted by atomic mass is 35.5. The number of rotatable bonds is 2. The van der Waals surface area contributed by atoms with Crippen molar-refractivity contribution in [2.75, 3.05) is 18.6 Å². The van der Waals surface area contributed by atoms with Crippen LogP contribution in [0.1, 0.15) is 31.7 Å². The Balaban J connectivity index is 0.00000192. The molecule has 0 aromatic heterocycles. The summed E-state index contributed by atoms with van der Waals surface area (Å²) in [5.74, 6) is 0.886. The number of anilines is 1. The minimum atomic E-state index is -0.260. The van der Waals surface area contributed by atoms with Crippen molar-refractivity contribution in [3.05, 3.63) is 40.2 Å². The first-order valence-corrected chi connectivity index (χ1v) is 8.15. The van der Waals surface area contributed by atoms with Gasteiger partial charge in [-0.15, -0.1) is 12.4 Å². The van der Waals surface area contributed by atoms with Gasteiger partial charge in [0.15, 0.2) is 0 Å².